The molecule has 6 nitrogen and oxygen atoms in total. The van der Waals surface area contributed by atoms with Crippen molar-refractivity contribution in [3.8, 4) is 5.88 Å². The number of rotatable bonds is 6. The van der Waals surface area contributed by atoms with Gasteiger partial charge in [0.05, 0.1) is 17.9 Å². The van der Waals surface area contributed by atoms with Crippen LogP contribution in [0, 0.1) is 0 Å². The number of aromatic nitrogens is 2. The smallest absolute Gasteiger partial charge is 0.259 e. The summed E-state index contributed by atoms with van der Waals surface area (Å²) in [7, 11) is 0. The van der Waals surface area contributed by atoms with Gasteiger partial charge >= 0.3 is 0 Å². The van der Waals surface area contributed by atoms with Crippen molar-refractivity contribution in [3.05, 3.63) is 70.4 Å². The molecule has 144 valence electrons. The number of carbonyl (C=O) groups is 1. The van der Waals surface area contributed by atoms with Crippen LogP contribution in [0.15, 0.2) is 48.7 Å². The Kier molecular flexibility index (Phi) is 5.64. The molecule has 0 bridgehead atoms. The second-order valence-electron chi connectivity index (χ2n) is 6.61. The van der Waals surface area contributed by atoms with E-state index in [1.807, 2.05) is 13.0 Å². The molecule has 0 radical (unpaired) electrons. The lowest BCUT2D eigenvalue weighted by Gasteiger charge is -2.25. The number of hydrogen-bond donors (Lipinski definition) is 1. The lowest BCUT2D eigenvalue weighted by molar-refractivity contribution is 0.102. The number of anilines is 1. The van der Waals surface area contributed by atoms with Crippen LogP contribution in [-0.2, 0) is 19.5 Å². The van der Waals surface area contributed by atoms with Crippen LogP contribution >= 0.6 is 11.3 Å². The number of hydrogen-bond acceptors (Lipinski definition) is 6. The van der Waals surface area contributed by atoms with Gasteiger partial charge in [0.15, 0.2) is 5.13 Å². The normalized spacial score (nSPS) is 13.8. The first-order valence-corrected chi connectivity index (χ1v) is 10.2. The van der Waals surface area contributed by atoms with Gasteiger partial charge in [0, 0.05) is 43.2 Å². The summed E-state index contributed by atoms with van der Waals surface area (Å²) in [5.74, 6) is 0.310. The molecule has 0 aliphatic carbocycles. The van der Waals surface area contributed by atoms with E-state index < -0.39 is 0 Å². The average molecular weight is 395 g/mol. The van der Waals surface area contributed by atoms with Gasteiger partial charge in [0.25, 0.3) is 5.91 Å². The van der Waals surface area contributed by atoms with Crippen LogP contribution in [0.25, 0.3) is 0 Å². The van der Waals surface area contributed by atoms with E-state index in [9.17, 15) is 4.79 Å². The molecule has 1 N–H and O–H groups in total. The standard InChI is InChI=1S/C21H22N4O2S/c1-2-27-19-9-8-16(12-22-19)20(26)24-21-23-17-10-11-25(14-18(17)28-21)13-15-6-4-3-5-7-15/h3-9,12H,2,10-11,13-14H2,1H3,(H,23,24,26). The van der Waals surface area contributed by atoms with E-state index in [-0.39, 0.29) is 5.91 Å². The van der Waals surface area contributed by atoms with Gasteiger partial charge < -0.3 is 4.74 Å². The Balaban J connectivity index is 1.39. The van der Waals surface area contributed by atoms with E-state index >= 15 is 0 Å². The van der Waals surface area contributed by atoms with E-state index in [0.717, 1.165) is 31.7 Å². The fourth-order valence-corrected chi connectivity index (χ4v) is 4.24. The molecule has 7 heteroatoms. The van der Waals surface area contributed by atoms with Gasteiger partial charge in [0.1, 0.15) is 0 Å². The van der Waals surface area contributed by atoms with Gasteiger partial charge in [-0.05, 0) is 18.6 Å². The predicted molar refractivity (Wildman–Crippen MR) is 110 cm³/mol. The minimum Gasteiger partial charge on any atom is -0.478 e. The van der Waals surface area contributed by atoms with Crippen LogP contribution in [0.1, 0.15) is 33.4 Å². The molecule has 1 aromatic carbocycles. The lowest BCUT2D eigenvalue weighted by atomic mass is 10.1. The second kappa shape index (κ2) is 8.50. The third kappa shape index (κ3) is 4.37. The molecule has 4 rings (SSSR count). The fourth-order valence-electron chi connectivity index (χ4n) is 3.20. The molecule has 0 unspecified atom stereocenters. The largest absolute Gasteiger partial charge is 0.478 e. The van der Waals surface area contributed by atoms with Crippen molar-refractivity contribution in [2.24, 2.45) is 0 Å². The van der Waals surface area contributed by atoms with Gasteiger partial charge in [0.2, 0.25) is 5.88 Å². The highest BCUT2D eigenvalue weighted by atomic mass is 32.1. The number of nitrogens with one attached hydrogen (secondary N) is 1. The molecule has 1 amide bonds. The number of thiazole rings is 1. The Bertz CT molecular complexity index is 941. The molecule has 0 saturated heterocycles. The highest BCUT2D eigenvalue weighted by Crippen LogP contribution is 2.29. The molecule has 0 atom stereocenters. The fraction of sp³-hybridized carbons (Fsp3) is 0.286. The topological polar surface area (TPSA) is 67.3 Å². The molecule has 0 spiro atoms. The first kappa shape index (κ1) is 18.6. The highest BCUT2D eigenvalue weighted by Gasteiger charge is 2.21. The van der Waals surface area contributed by atoms with E-state index in [0.29, 0.717) is 23.2 Å². The number of amides is 1. The molecule has 0 saturated carbocycles. The third-order valence-corrected chi connectivity index (χ3v) is 5.57. The molecule has 3 aromatic rings. The minimum absolute atomic E-state index is 0.206. The summed E-state index contributed by atoms with van der Waals surface area (Å²) in [6.45, 7) is 5.21. The average Bonchev–Trinajstić information content (AvgIpc) is 3.11. The van der Waals surface area contributed by atoms with Crippen LogP contribution in [0.2, 0.25) is 0 Å². The summed E-state index contributed by atoms with van der Waals surface area (Å²) >= 11 is 1.55. The lowest BCUT2D eigenvalue weighted by Crippen LogP contribution is -2.29. The summed E-state index contributed by atoms with van der Waals surface area (Å²) in [6, 6.07) is 13.9. The van der Waals surface area contributed by atoms with E-state index in [4.69, 9.17) is 4.74 Å². The Hall–Kier alpha value is -2.77. The molecular formula is C21H22N4O2S. The molecule has 0 fully saturated rings. The quantitative estimate of drug-likeness (QED) is 0.690. The molecular weight excluding hydrogens is 372 g/mol. The van der Waals surface area contributed by atoms with Crippen LogP contribution in [0.4, 0.5) is 5.13 Å². The van der Waals surface area contributed by atoms with Crippen LogP contribution < -0.4 is 10.1 Å². The summed E-state index contributed by atoms with van der Waals surface area (Å²) in [5, 5.41) is 3.54. The van der Waals surface area contributed by atoms with Gasteiger partial charge in [-0.25, -0.2) is 9.97 Å². The monoisotopic (exact) mass is 394 g/mol. The number of ether oxygens (including phenoxy) is 1. The van der Waals surface area contributed by atoms with Gasteiger partial charge in [-0.1, -0.05) is 30.3 Å². The summed E-state index contributed by atoms with van der Waals surface area (Å²) in [5.41, 5.74) is 2.89. The Labute approximate surface area is 168 Å². The minimum atomic E-state index is -0.206. The van der Waals surface area contributed by atoms with E-state index in [1.54, 1.807) is 23.5 Å². The Morgan fingerprint density at radius 1 is 1.25 bits per heavy atom. The zero-order chi connectivity index (χ0) is 19.3. The zero-order valence-corrected chi connectivity index (χ0v) is 16.5. The van der Waals surface area contributed by atoms with Crippen molar-refractivity contribution < 1.29 is 9.53 Å². The number of nitrogens with zero attached hydrogens (tertiary/aromatic N) is 3. The van der Waals surface area contributed by atoms with Crippen molar-refractivity contribution >= 4 is 22.4 Å². The van der Waals surface area contributed by atoms with Crippen LogP contribution in [0.3, 0.4) is 0 Å². The van der Waals surface area contributed by atoms with Crippen LogP contribution in [-0.4, -0.2) is 33.9 Å². The van der Waals surface area contributed by atoms with Crippen LogP contribution in [0.5, 0.6) is 5.88 Å². The van der Waals surface area contributed by atoms with Gasteiger partial charge in [-0.15, -0.1) is 11.3 Å². The second-order valence-corrected chi connectivity index (χ2v) is 7.69. The molecule has 1 aliphatic heterocycles. The molecule has 1 aliphatic rings. The maximum Gasteiger partial charge on any atom is 0.259 e. The van der Waals surface area contributed by atoms with Crippen molar-refractivity contribution in [1.82, 2.24) is 14.9 Å². The number of carbonyl (C=O) groups excluding carboxylic acids is 1. The third-order valence-electron chi connectivity index (χ3n) is 4.57. The Morgan fingerprint density at radius 2 is 2.11 bits per heavy atom. The first-order valence-electron chi connectivity index (χ1n) is 9.36. The highest BCUT2D eigenvalue weighted by molar-refractivity contribution is 7.15. The number of pyridine rings is 1. The van der Waals surface area contributed by atoms with Gasteiger partial charge in [-0.2, -0.15) is 0 Å². The van der Waals surface area contributed by atoms with Crippen molar-refractivity contribution in [3.63, 3.8) is 0 Å². The number of benzene rings is 1. The maximum absolute atomic E-state index is 12.5. The first-order chi connectivity index (χ1) is 13.7. The molecule has 3 heterocycles. The van der Waals surface area contributed by atoms with Gasteiger partial charge in [-0.3, -0.25) is 15.0 Å². The van der Waals surface area contributed by atoms with Crippen molar-refractivity contribution in [1.29, 1.82) is 0 Å². The summed E-state index contributed by atoms with van der Waals surface area (Å²) in [4.78, 5) is 24.9. The zero-order valence-electron chi connectivity index (χ0n) is 15.7. The Morgan fingerprint density at radius 3 is 2.86 bits per heavy atom. The number of fused-ring (bicyclic) bond motifs is 1. The summed E-state index contributed by atoms with van der Waals surface area (Å²) in [6.07, 6.45) is 2.43. The predicted octanol–water partition coefficient (Wildman–Crippen LogP) is 3.75. The molecule has 28 heavy (non-hydrogen) atoms. The summed E-state index contributed by atoms with van der Waals surface area (Å²) < 4.78 is 5.31. The van der Waals surface area contributed by atoms with E-state index in [2.05, 4.69) is 44.5 Å². The SMILES string of the molecule is CCOc1ccc(C(=O)Nc2nc3c(s2)CN(Cc2ccccc2)CC3)cn1. The van der Waals surface area contributed by atoms with Crippen molar-refractivity contribution in [2.75, 3.05) is 18.5 Å². The van der Waals surface area contributed by atoms with Crippen molar-refractivity contribution in [2.45, 2.75) is 26.4 Å². The maximum atomic E-state index is 12.5. The molecule has 2 aromatic heterocycles. The van der Waals surface area contributed by atoms with E-state index in [1.165, 1.54) is 16.6 Å².